The summed E-state index contributed by atoms with van der Waals surface area (Å²) >= 11 is 0. The lowest BCUT2D eigenvalue weighted by molar-refractivity contribution is -0.129. The molecule has 2 heteroatoms. The van der Waals surface area contributed by atoms with Crippen molar-refractivity contribution in [2.75, 3.05) is 13.1 Å². The van der Waals surface area contributed by atoms with Crippen molar-refractivity contribution < 1.29 is 4.79 Å². The molecule has 14 heavy (non-hydrogen) atoms. The van der Waals surface area contributed by atoms with E-state index in [-0.39, 0.29) is 5.91 Å². The summed E-state index contributed by atoms with van der Waals surface area (Å²) in [5, 5.41) is 0. The van der Waals surface area contributed by atoms with Crippen LogP contribution < -0.4 is 0 Å². The standard InChI is InChI=1S/C10H21NO.C2H6/c1-8(2)6-11(10(5)12)7-9(3)4;1-2/h8-9H,6-7H2,1-5H3;1-2H3. The second-order valence-electron chi connectivity index (χ2n) is 4.21. The van der Waals surface area contributed by atoms with Crippen molar-refractivity contribution in [1.82, 2.24) is 4.90 Å². The molecule has 0 aliphatic rings. The molecule has 0 unspecified atom stereocenters. The molecular formula is C12H27NO. The Hall–Kier alpha value is -0.530. The molecule has 0 aliphatic carbocycles. The van der Waals surface area contributed by atoms with Crippen molar-refractivity contribution in [3.8, 4) is 0 Å². The molecule has 0 radical (unpaired) electrons. The Balaban J connectivity index is 0. The number of nitrogens with zero attached hydrogens (tertiary/aromatic N) is 1. The van der Waals surface area contributed by atoms with Crippen LogP contribution in [0.25, 0.3) is 0 Å². The van der Waals surface area contributed by atoms with E-state index in [1.54, 1.807) is 6.92 Å². The fourth-order valence-corrected chi connectivity index (χ4v) is 1.21. The van der Waals surface area contributed by atoms with E-state index < -0.39 is 0 Å². The van der Waals surface area contributed by atoms with Gasteiger partial charge < -0.3 is 4.90 Å². The van der Waals surface area contributed by atoms with Gasteiger partial charge in [-0.25, -0.2) is 0 Å². The number of hydrogen-bond acceptors (Lipinski definition) is 1. The molecule has 0 N–H and O–H groups in total. The van der Waals surface area contributed by atoms with Gasteiger partial charge in [0.05, 0.1) is 0 Å². The molecular weight excluding hydrogens is 174 g/mol. The first-order chi connectivity index (χ1) is 6.43. The third-order valence-electron chi connectivity index (χ3n) is 1.62. The maximum atomic E-state index is 11.1. The highest BCUT2D eigenvalue weighted by molar-refractivity contribution is 5.73. The number of carbonyl (C=O) groups excluding carboxylic acids is 1. The Morgan fingerprint density at radius 2 is 1.29 bits per heavy atom. The first kappa shape index (κ1) is 15.9. The zero-order valence-corrected chi connectivity index (χ0v) is 10.9. The third-order valence-corrected chi connectivity index (χ3v) is 1.62. The normalized spacial score (nSPS) is 9.79. The second kappa shape index (κ2) is 9.04. The van der Waals surface area contributed by atoms with Crippen molar-refractivity contribution in [3.63, 3.8) is 0 Å². The van der Waals surface area contributed by atoms with Crippen LogP contribution in [0.5, 0.6) is 0 Å². The zero-order valence-electron chi connectivity index (χ0n) is 10.9. The van der Waals surface area contributed by atoms with E-state index >= 15 is 0 Å². The van der Waals surface area contributed by atoms with E-state index in [0.29, 0.717) is 11.8 Å². The van der Waals surface area contributed by atoms with Gasteiger partial charge in [-0.3, -0.25) is 4.79 Å². The summed E-state index contributed by atoms with van der Waals surface area (Å²) in [6.45, 7) is 15.9. The molecule has 0 aromatic heterocycles. The lowest BCUT2D eigenvalue weighted by atomic mass is 10.1. The van der Waals surface area contributed by atoms with Gasteiger partial charge in [-0.05, 0) is 11.8 Å². The second-order valence-corrected chi connectivity index (χ2v) is 4.21. The van der Waals surface area contributed by atoms with Gasteiger partial charge in [0.2, 0.25) is 5.91 Å². The highest BCUT2D eigenvalue weighted by Gasteiger charge is 2.11. The predicted octanol–water partition coefficient (Wildman–Crippen LogP) is 3.17. The van der Waals surface area contributed by atoms with E-state index in [1.165, 1.54) is 0 Å². The van der Waals surface area contributed by atoms with E-state index in [9.17, 15) is 4.79 Å². The fourth-order valence-electron chi connectivity index (χ4n) is 1.21. The largest absolute Gasteiger partial charge is 0.342 e. The summed E-state index contributed by atoms with van der Waals surface area (Å²) in [5.74, 6) is 1.32. The zero-order chi connectivity index (χ0) is 11.7. The van der Waals surface area contributed by atoms with Crippen LogP contribution in [0.4, 0.5) is 0 Å². The van der Waals surface area contributed by atoms with Crippen LogP contribution in [0.15, 0.2) is 0 Å². The van der Waals surface area contributed by atoms with Gasteiger partial charge in [-0.15, -0.1) is 0 Å². The van der Waals surface area contributed by atoms with Crippen molar-refractivity contribution in [3.05, 3.63) is 0 Å². The van der Waals surface area contributed by atoms with E-state index in [2.05, 4.69) is 27.7 Å². The van der Waals surface area contributed by atoms with Gasteiger partial charge in [0, 0.05) is 20.0 Å². The molecule has 0 aliphatic heterocycles. The maximum absolute atomic E-state index is 11.1. The summed E-state index contributed by atoms with van der Waals surface area (Å²) in [4.78, 5) is 13.1. The lowest BCUT2D eigenvalue weighted by Crippen LogP contribution is -2.35. The number of hydrogen-bond donors (Lipinski definition) is 0. The number of rotatable bonds is 4. The summed E-state index contributed by atoms with van der Waals surface area (Å²) in [6, 6.07) is 0. The Bertz CT molecular complexity index is 131. The lowest BCUT2D eigenvalue weighted by Gasteiger charge is -2.24. The Labute approximate surface area is 89.7 Å². The molecule has 0 bridgehead atoms. The average Bonchev–Trinajstić information content (AvgIpc) is 2.05. The molecule has 0 aromatic carbocycles. The topological polar surface area (TPSA) is 20.3 Å². The number of amides is 1. The minimum absolute atomic E-state index is 0.192. The third kappa shape index (κ3) is 9.56. The van der Waals surface area contributed by atoms with Crippen LogP contribution >= 0.6 is 0 Å². The Kier molecular flexibility index (Phi) is 10.3. The van der Waals surface area contributed by atoms with Crippen LogP contribution in [-0.4, -0.2) is 23.9 Å². The Morgan fingerprint density at radius 3 is 1.43 bits per heavy atom. The quantitative estimate of drug-likeness (QED) is 0.684. The smallest absolute Gasteiger partial charge is 0.219 e. The molecule has 0 atom stereocenters. The Morgan fingerprint density at radius 1 is 1.00 bits per heavy atom. The molecule has 1 amide bonds. The molecule has 0 saturated carbocycles. The first-order valence-corrected chi connectivity index (χ1v) is 5.69. The predicted molar refractivity (Wildman–Crippen MR) is 63.3 cm³/mol. The van der Waals surface area contributed by atoms with E-state index in [1.807, 2.05) is 18.7 Å². The van der Waals surface area contributed by atoms with Gasteiger partial charge in [-0.2, -0.15) is 0 Å². The molecule has 0 spiro atoms. The molecule has 0 heterocycles. The summed E-state index contributed by atoms with van der Waals surface area (Å²) < 4.78 is 0. The average molecular weight is 201 g/mol. The first-order valence-electron chi connectivity index (χ1n) is 5.69. The SMILES string of the molecule is CC.CC(=O)N(CC(C)C)CC(C)C. The van der Waals surface area contributed by atoms with Crippen LogP contribution in [-0.2, 0) is 4.79 Å². The summed E-state index contributed by atoms with van der Waals surface area (Å²) in [7, 11) is 0. The van der Waals surface area contributed by atoms with Crippen LogP contribution in [0.1, 0.15) is 48.5 Å². The van der Waals surface area contributed by atoms with Crippen LogP contribution in [0.3, 0.4) is 0 Å². The van der Waals surface area contributed by atoms with Crippen molar-refractivity contribution in [2.24, 2.45) is 11.8 Å². The summed E-state index contributed by atoms with van der Waals surface area (Å²) in [5.41, 5.74) is 0. The minimum Gasteiger partial charge on any atom is -0.342 e. The van der Waals surface area contributed by atoms with Gasteiger partial charge in [0.25, 0.3) is 0 Å². The van der Waals surface area contributed by atoms with Gasteiger partial charge in [0.15, 0.2) is 0 Å². The van der Waals surface area contributed by atoms with Crippen molar-refractivity contribution in [1.29, 1.82) is 0 Å². The monoisotopic (exact) mass is 201 g/mol. The van der Waals surface area contributed by atoms with Crippen LogP contribution in [0.2, 0.25) is 0 Å². The molecule has 0 rings (SSSR count). The molecule has 0 fully saturated rings. The van der Waals surface area contributed by atoms with Crippen molar-refractivity contribution >= 4 is 5.91 Å². The minimum atomic E-state index is 0.192. The molecule has 0 saturated heterocycles. The van der Waals surface area contributed by atoms with Gasteiger partial charge >= 0.3 is 0 Å². The fraction of sp³-hybridized carbons (Fsp3) is 0.917. The van der Waals surface area contributed by atoms with Gasteiger partial charge in [0.1, 0.15) is 0 Å². The van der Waals surface area contributed by atoms with E-state index in [0.717, 1.165) is 13.1 Å². The van der Waals surface area contributed by atoms with E-state index in [4.69, 9.17) is 0 Å². The van der Waals surface area contributed by atoms with Crippen LogP contribution in [0, 0.1) is 11.8 Å². The molecule has 86 valence electrons. The highest BCUT2D eigenvalue weighted by atomic mass is 16.2. The highest BCUT2D eigenvalue weighted by Crippen LogP contribution is 2.03. The maximum Gasteiger partial charge on any atom is 0.219 e. The molecule has 2 nitrogen and oxygen atoms in total. The van der Waals surface area contributed by atoms with Gasteiger partial charge in [-0.1, -0.05) is 41.5 Å². The number of carbonyl (C=O) groups is 1. The molecule has 0 aromatic rings. The summed E-state index contributed by atoms with van der Waals surface area (Å²) in [6.07, 6.45) is 0. The van der Waals surface area contributed by atoms with Crippen molar-refractivity contribution in [2.45, 2.75) is 48.5 Å².